The highest BCUT2D eigenvalue weighted by atomic mass is 32.2. The molecule has 2 aliphatic heterocycles. The van der Waals surface area contributed by atoms with Crippen molar-refractivity contribution >= 4 is 41.1 Å². The van der Waals surface area contributed by atoms with Gasteiger partial charge in [0.2, 0.25) is 5.91 Å². The molecular weight excluding hydrogens is 440 g/mol. The van der Waals surface area contributed by atoms with Crippen molar-refractivity contribution in [2.45, 2.75) is 74.8 Å². The van der Waals surface area contributed by atoms with E-state index in [-0.39, 0.29) is 30.0 Å². The Morgan fingerprint density at radius 2 is 2.16 bits per heavy atom. The fourth-order valence-electron chi connectivity index (χ4n) is 4.20. The Bertz CT molecular complexity index is 962. The van der Waals surface area contributed by atoms with Gasteiger partial charge in [0.15, 0.2) is 0 Å². The molecule has 3 heterocycles. The standard InChI is InChI=1S/C25H32N2O3S2/c1-5-6-19-8-7-16(2)11-21-17(3)9-10-25(32-21,14-23(29)30)13-22(28)26-18(4)24-27-20(12-19)15-31-24/h7-8,12,15,18,21H,2-3,5-6,9-11,13-14H2,1,4H3,(H,26,28)(H,29,30)/b8-7?,19-12-/t18-,21-,25+/m1/s1. The number of carbonyl (C=O) groups excluding carboxylic acids is 1. The number of allylic oxidation sites excluding steroid dienone is 4. The van der Waals surface area contributed by atoms with Crippen LogP contribution in [0.2, 0.25) is 0 Å². The molecule has 0 unspecified atom stereocenters. The van der Waals surface area contributed by atoms with E-state index in [9.17, 15) is 14.7 Å². The second-order valence-corrected chi connectivity index (χ2v) is 11.3. The van der Waals surface area contributed by atoms with Gasteiger partial charge in [0.1, 0.15) is 5.01 Å². The van der Waals surface area contributed by atoms with E-state index in [1.165, 1.54) is 16.9 Å². The number of amides is 1. The van der Waals surface area contributed by atoms with E-state index < -0.39 is 10.7 Å². The van der Waals surface area contributed by atoms with Gasteiger partial charge in [0, 0.05) is 21.8 Å². The molecule has 1 fully saturated rings. The molecule has 2 aliphatic rings. The van der Waals surface area contributed by atoms with Gasteiger partial charge >= 0.3 is 5.97 Å². The summed E-state index contributed by atoms with van der Waals surface area (Å²) in [5.74, 6) is -1.01. The minimum Gasteiger partial charge on any atom is -0.481 e. The molecule has 5 nitrogen and oxygen atoms in total. The third-order valence-corrected chi connectivity index (χ3v) is 8.67. The largest absolute Gasteiger partial charge is 0.481 e. The van der Waals surface area contributed by atoms with Gasteiger partial charge in [-0.05, 0) is 44.3 Å². The average Bonchev–Trinajstić information content (AvgIpc) is 3.16. The molecule has 1 aromatic heterocycles. The lowest BCUT2D eigenvalue weighted by Crippen LogP contribution is -2.41. The molecule has 3 rings (SSSR count). The average molecular weight is 473 g/mol. The number of fused-ring (bicyclic) bond motifs is 4. The zero-order chi connectivity index (χ0) is 23.3. The quantitative estimate of drug-likeness (QED) is 0.520. The van der Waals surface area contributed by atoms with Crippen molar-refractivity contribution in [3.05, 3.63) is 58.1 Å². The van der Waals surface area contributed by atoms with Gasteiger partial charge < -0.3 is 10.4 Å². The van der Waals surface area contributed by atoms with E-state index in [0.29, 0.717) is 12.8 Å². The van der Waals surface area contributed by atoms with Crippen molar-refractivity contribution < 1.29 is 14.7 Å². The van der Waals surface area contributed by atoms with Gasteiger partial charge in [0.05, 0.1) is 18.2 Å². The number of thiazole rings is 1. The SMILES string of the molecule is C=C1C=C/C(CCC)=C\c2csc(n2)[C@@H](C)NC(=O)C[C@]2(CC(=O)O)CCC(=C)[C@@H](C1)S2. The lowest BCUT2D eigenvalue weighted by Gasteiger charge is -2.40. The minimum atomic E-state index is -0.878. The number of hydrogen-bond acceptors (Lipinski definition) is 5. The maximum Gasteiger partial charge on any atom is 0.304 e. The Hall–Kier alpha value is -2.12. The molecule has 7 heteroatoms. The minimum absolute atomic E-state index is 0.0453. The van der Waals surface area contributed by atoms with Crippen LogP contribution in [0.4, 0.5) is 0 Å². The van der Waals surface area contributed by atoms with E-state index in [4.69, 9.17) is 4.98 Å². The Kier molecular flexibility index (Phi) is 8.17. The molecule has 0 spiro atoms. The molecule has 172 valence electrons. The molecule has 3 atom stereocenters. The molecule has 0 aromatic carbocycles. The smallest absolute Gasteiger partial charge is 0.304 e. The summed E-state index contributed by atoms with van der Waals surface area (Å²) in [5, 5.41) is 15.5. The monoisotopic (exact) mass is 472 g/mol. The molecule has 0 saturated carbocycles. The normalized spacial score (nSPS) is 28.7. The number of thioether (sulfide) groups is 1. The summed E-state index contributed by atoms with van der Waals surface area (Å²) in [5.41, 5.74) is 4.14. The maximum absolute atomic E-state index is 13.0. The van der Waals surface area contributed by atoms with Crippen molar-refractivity contribution in [1.82, 2.24) is 10.3 Å². The van der Waals surface area contributed by atoms with E-state index in [1.54, 1.807) is 11.8 Å². The molecule has 32 heavy (non-hydrogen) atoms. The van der Waals surface area contributed by atoms with Gasteiger partial charge in [-0.3, -0.25) is 9.59 Å². The summed E-state index contributed by atoms with van der Waals surface area (Å²) in [4.78, 5) is 29.4. The predicted molar refractivity (Wildman–Crippen MR) is 134 cm³/mol. The molecule has 4 bridgehead atoms. The first-order chi connectivity index (χ1) is 15.2. The zero-order valence-electron chi connectivity index (χ0n) is 18.9. The van der Waals surface area contributed by atoms with E-state index in [0.717, 1.165) is 41.1 Å². The first-order valence-electron chi connectivity index (χ1n) is 11.1. The molecule has 1 amide bonds. The van der Waals surface area contributed by atoms with Crippen LogP contribution in [0.5, 0.6) is 0 Å². The van der Waals surface area contributed by atoms with E-state index in [1.807, 2.05) is 12.3 Å². The number of carboxylic acids is 1. The number of carboxylic acid groups (broad SMARTS) is 1. The van der Waals surface area contributed by atoms with Crippen LogP contribution in [0, 0.1) is 0 Å². The van der Waals surface area contributed by atoms with E-state index >= 15 is 0 Å². The first-order valence-corrected chi connectivity index (χ1v) is 12.8. The van der Waals surface area contributed by atoms with Gasteiger partial charge in [-0.2, -0.15) is 0 Å². The van der Waals surface area contributed by atoms with Gasteiger partial charge in [-0.1, -0.05) is 49.8 Å². The summed E-state index contributed by atoms with van der Waals surface area (Å²) >= 11 is 3.11. The molecule has 1 saturated heterocycles. The Labute approximate surface area is 198 Å². The van der Waals surface area contributed by atoms with Crippen molar-refractivity contribution in [2.75, 3.05) is 0 Å². The molecule has 2 N–H and O–H groups in total. The second kappa shape index (κ2) is 10.7. The van der Waals surface area contributed by atoms with Gasteiger partial charge in [-0.25, -0.2) is 4.98 Å². The number of nitrogens with one attached hydrogen (secondary N) is 1. The van der Waals surface area contributed by atoms with E-state index in [2.05, 4.69) is 43.6 Å². The van der Waals surface area contributed by atoms with Gasteiger partial charge in [-0.15, -0.1) is 23.1 Å². The number of nitrogens with zero attached hydrogens (tertiary/aromatic N) is 1. The highest BCUT2D eigenvalue weighted by Crippen LogP contribution is 2.49. The summed E-state index contributed by atoms with van der Waals surface area (Å²) in [7, 11) is 0. The highest BCUT2D eigenvalue weighted by molar-refractivity contribution is 8.01. The lowest BCUT2D eigenvalue weighted by molar-refractivity contribution is -0.137. The van der Waals surface area contributed by atoms with Crippen LogP contribution < -0.4 is 5.32 Å². The fraction of sp³-hybridized carbons (Fsp3) is 0.480. The highest BCUT2D eigenvalue weighted by Gasteiger charge is 2.42. The summed E-state index contributed by atoms with van der Waals surface area (Å²) in [6.07, 6.45) is 10.4. The second-order valence-electron chi connectivity index (χ2n) is 8.76. The van der Waals surface area contributed by atoms with Crippen LogP contribution in [0.3, 0.4) is 0 Å². The number of rotatable bonds is 4. The van der Waals surface area contributed by atoms with Crippen LogP contribution in [-0.4, -0.2) is 32.0 Å². The maximum atomic E-state index is 13.0. The number of aromatic nitrogens is 1. The summed E-state index contributed by atoms with van der Waals surface area (Å²) in [6, 6.07) is -0.228. The fourth-order valence-corrected chi connectivity index (χ4v) is 6.81. The van der Waals surface area contributed by atoms with Crippen molar-refractivity contribution in [2.24, 2.45) is 0 Å². The lowest BCUT2D eigenvalue weighted by atomic mass is 9.89. The Morgan fingerprint density at radius 1 is 1.38 bits per heavy atom. The van der Waals surface area contributed by atoms with Crippen LogP contribution in [0.25, 0.3) is 6.08 Å². The van der Waals surface area contributed by atoms with Crippen LogP contribution in [-0.2, 0) is 9.59 Å². The summed E-state index contributed by atoms with van der Waals surface area (Å²) in [6.45, 7) is 12.6. The zero-order valence-corrected chi connectivity index (χ0v) is 20.5. The number of aliphatic carboxylic acids is 1. The van der Waals surface area contributed by atoms with Crippen molar-refractivity contribution in [3.8, 4) is 0 Å². The predicted octanol–water partition coefficient (Wildman–Crippen LogP) is 6.08. The number of hydrogen-bond donors (Lipinski definition) is 2. The molecular formula is C25H32N2O3S2. The topological polar surface area (TPSA) is 79.3 Å². The summed E-state index contributed by atoms with van der Waals surface area (Å²) < 4.78 is -0.649. The molecule has 0 aliphatic carbocycles. The number of carbonyl (C=O) groups is 2. The van der Waals surface area contributed by atoms with Gasteiger partial charge in [0.25, 0.3) is 0 Å². The first kappa shape index (κ1) is 24.5. The third kappa shape index (κ3) is 6.45. The Balaban J connectivity index is 1.97. The van der Waals surface area contributed by atoms with Crippen LogP contribution >= 0.6 is 23.1 Å². The third-order valence-electron chi connectivity index (χ3n) is 5.85. The molecule has 1 aromatic rings. The van der Waals surface area contributed by atoms with Crippen LogP contribution in [0.1, 0.15) is 75.5 Å². The van der Waals surface area contributed by atoms with Crippen molar-refractivity contribution in [3.63, 3.8) is 0 Å². The van der Waals surface area contributed by atoms with Crippen LogP contribution in [0.15, 0.2) is 47.4 Å². The Morgan fingerprint density at radius 3 is 2.88 bits per heavy atom. The van der Waals surface area contributed by atoms with Crippen molar-refractivity contribution in [1.29, 1.82) is 0 Å². The molecule has 0 radical (unpaired) electrons.